The molecule has 2 bridgehead atoms. The maximum Gasteiger partial charge on any atom is 0.412 e. The van der Waals surface area contributed by atoms with Gasteiger partial charge in [0.25, 0.3) is 0 Å². The summed E-state index contributed by atoms with van der Waals surface area (Å²) in [7, 11) is 4.77. The fraction of sp³-hybridized carbons (Fsp3) is 0.652. The lowest BCUT2D eigenvalue weighted by atomic mass is 9.53. The third kappa shape index (κ3) is 13.7. The highest BCUT2D eigenvalue weighted by molar-refractivity contribution is 5.75. The average molecular weight is 838 g/mol. The van der Waals surface area contributed by atoms with Gasteiger partial charge in [-0.3, -0.25) is 14.5 Å². The molecule has 6 rings (SSSR count). The van der Waals surface area contributed by atoms with Gasteiger partial charge in [-0.05, 0) is 123 Å². The lowest BCUT2D eigenvalue weighted by molar-refractivity contribution is -0.145. The van der Waals surface area contributed by atoms with Crippen LogP contribution in [0.25, 0.3) is 0 Å². The van der Waals surface area contributed by atoms with Crippen molar-refractivity contribution < 1.29 is 52.3 Å². The zero-order chi connectivity index (χ0) is 43.5. The van der Waals surface area contributed by atoms with Crippen molar-refractivity contribution in [2.24, 2.45) is 22.7 Å². The summed E-state index contributed by atoms with van der Waals surface area (Å²) in [5.74, 6) is 2.09. The Kier molecular flexibility index (Phi) is 16.0. The number of esters is 2. The number of cyclic esters (lactones) is 1. The summed E-state index contributed by atoms with van der Waals surface area (Å²) in [5, 5.41) is 6.14. The fourth-order valence-corrected chi connectivity index (χ4v) is 10.0. The Bertz CT molecular complexity index is 1780. The standard InChI is InChI=1S/C37H55N3O9.C9H12O2/c1-35(2)19-26-20-36(3,4)24-37(21-26,23-35)39-34(44)48-15-11-31(41)46-16-13-40-12-6-7-28(22-40)38-33(43)49-29-9-8-25(18-30(29)45-5)17-27-10-14-47-32(27)42;1-7-4-5-8(10-2)9(6-7)11-3/h8-9,18,26-28H,6-7,10-17,19-24H2,1-5H3,(H,38,43)(H,39,44);4-6H,1-3H3. The third-order valence-electron chi connectivity index (χ3n) is 11.9. The second kappa shape index (κ2) is 20.7. The van der Waals surface area contributed by atoms with Crippen LogP contribution in [-0.2, 0) is 30.2 Å². The monoisotopic (exact) mass is 837 g/mol. The van der Waals surface area contributed by atoms with Crippen molar-refractivity contribution in [3.63, 3.8) is 0 Å². The fourth-order valence-electron chi connectivity index (χ4n) is 10.0. The number of alkyl carbamates (subject to hydrolysis) is 1. The van der Waals surface area contributed by atoms with Crippen LogP contribution in [-0.4, -0.2) is 101 Å². The van der Waals surface area contributed by atoms with E-state index >= 15 is 0 Å². The van der Waals surface area contributed by atoms with E-state index in [1.807, 2.05) is 31.2 Å². The Morgan fingerprint density at radius 1 is 0.817 bits per heavy atom. The number of piperidine rings is 1. The Balaban J connectivity index is 0.000000538. The van der Waals surface area contributed by atoms with E-state index in [-0.39, 0.29) is 53.9 Å². The molecule has 4 fully saturated rings. The normalized spacial score (nSPS) is 24.1. The SMILES string of the molecule is COc1cc(CC2CCOC2=O)ccc1OC(=O)NC1CCCN(CCOC(=O)CCOC(=O)NC23CC(CC(C)(C)C2)CC(C)(C)C3)C1.COc1ccc(C)cc1OC. The number of aryl methyl sites for hydroxylation is 1. The van der Waals surface area contributed by atoms with Crippen molar-refractivity contribution in [3.8, 4) is 23.0 Å². The van der Waals surface area contributed by atoms with Crippen molar-refractivity contribution in [1.82, 2.24) is 15.5 Å². The first-order valence-corrected chi connectivity index (χ1v) is 21.3. The van der Waals surface area contributed by atoms with Gasteiger partial charge in [0.1, 0.15) is 13.2 Å². The van der Waals surface area contributed by atoms with Gasteiger partial charge in [-0.25, -0.2) is 9.59 Å². The topological polar surface area (TPSA) is 160 Å². The van der Waals surface area contributed by atoms with E-state index in [1.54, 1.807) is 26.4 Å². The average Bonchev–Trinajstić information content (AvgIpc) is 3.57. The number of hydrogen-bond donors (Lipinski definition) is 2. The highest BCUT2D eigenvalue weighted by Gasteiger charge is 2.52. The summed E-state index contributed by atoms with van der Waals surface area (Å²) >= 11 is 0. The number of benzene rings is 2. The Labute approximate surface area is 355 Å². The summed E-state index contributed by atoms with van der Waals surface area (Å²) in [4.78, 5) is 51.9. The number of amides is 2. The molecule has 2 aromatic rings. The number of likely N-dealkylation sites (tertiary alicyclic amines) is 1. The van der Waals surface area contributed by atoms with E-state index in [0.29, 0.717) is 50.0 Å². The van der Waals surface area contributed by atoms with Crippen LogP contribution in [0.3, 0.4) is 0 Å². The maximum atomic E-state index is 12.8. The third-order valence-corrected chi connectivity index (χ3v) is 11.9. The number of hydrogen-bond acceptors (Lipinski definition) is 12. The van der Waals surface area contributed by atoms with Gasteiger partial charge in [-0.2, -0.15) is 0 Å². The summed E-state index contributed by atoms with van der Waals surface area (Å²) in [6.07, 6.45) is 7.05. The number of carbonyl (C=O) groups excluding carboxylic acids is 4. The highest BCUT2D eigenvalue weighted by atomic mass is 16.6. The second-order valence-electron chi connectivity index (χ2n) is 18.5. The Morgan fingerprint density at radius 3 is 2.17 bits per heavy atom. The summed E-state index contributed by atoms with van der Waals surface area (Å²) in [6, 6.07) is 11.0. The summed E-state index contributed by atoms with van der Waals surface area (Å²) in [5.41, 5.74) is 2.14. The number of ether oxygens (including phenoxy) is 7. The van der Waals surface area contributed by atoms with E-state index in [4.69, 9.17) is 33.2 Å². The van der Waals surface area contributed by atoms with Crippen LogP contribution in [0.1, 0.15) is 96.6 Å². The van der Waals surface area contributed by atoms with Crippen molar-refractivity contribution in [2.75, 3.05) is 60.8 Å². The van der Waals surface area contributed by atoms with Crippen molar-refractivity contribution in [1.29, 1.82) is 0 Å². The van der Waals surface area contributed by atoms with Crippen LogP contribution in [0.5, 0.6) is 23.0 Å². The number of nitrogens with one attached hydrogen (secondary N) is 2. The lowest BCUT2D eigenvalue weighted by Gasteiger charge is -2.56. The Hall–Kier alpha value is -4.72. The molecule has 2 N–H and O–H groups in total. The summed E-state index contributed by atoms with van der Waals surface area (Å²) < 4.78 is 37.1. The van der Waals surface area contributed by atoms with E-state index in [1.165, 1.54) is 25.5 Å². The molecule has 2 atom stereocenters. The molecule has 2 saturated carbocycles. The van der Waals surface area contributed by atoms with Gasteiger partial charge in [-0.15, -0.1) is 0 Å². The molecular weight excluding hydrogens is 771 g/mol. The first-order valence-electron chi connectivity index (χ1n) is 21.3. The van der Waals surface area contributed by atoms with Crippen LogP contribution in [0.15, 0.2) is 36.4 Å². The van der Waals surface area contributed by atoms with Crippen LogP contribution < -0.4 is 29.6 Å². The van der Waals surface area contributed by atoms with Gasteiger partial charge >= 0.3 is 24.1 Å². The molecule has 2 saturated heterocycles. The molecule has 14 heteroatoms. The predicted octanol–water partition coefficient (Wildman–Crippen LogP) is 7.41. The van der Waals surface area contributed by atoms with Crippen molar-refractivity contribution >= 4 is 24.1 Å². The number of rotatable bonds is 14. The minimum absolute atomic E-state index is 0.00633. The van der Waals surface area contributed by atoms with Crippen molar-refractivity contribution in [3.05, 3.63) is 47.5 Å². The molecule has 0 aromatic heterocycles. The quantitative estimate of drug-likeness (QED) is 0.144. The molecule has 2 aliphatic heterocycles. The molecule has 2 aliphatic carbocycles. The van der Waals surface area contributed by atoms with E-state index < -0.39 is 18.2 Å². The van der Waals surface area contributed by atoms with Crippen LogP contribution in [0.2, 0.25) is 0 Å². The van der Waals surface area contributed by atoms with Gasteiger partial charge in [0.15, 0.2) is 23.0 Å². The van der Waals surface area contributed by atoms with Gasteiger partial charge in [0, 0.05) is 24.7 Å². The second-order valence-corrected chi connectivity index (χ2v) is 18.5. The van der Waals surface area contributed by atoms with Gasteiger partial charge < -0.3 is 43.8 Å². The molecule has 332 valence electrons. The molecule has 0 radical (unpaired) electrons. The number of carbonyl (C=O) groups is 4. The van der Waals surface area contributed by atoms with Crippen LogP contribution in [0.4, 0.5) is 9.59 Å². The molecular formula is C46H67N3O11. The lowest BCUT2D eigenvalue weighted by Crippen LogP contribution is -2.59. The Morgan fingerprint density at radius 2 is 1.50 bits per heavy atom. The minimum Gasteiger partial charge on any atom is -0.493 e. The first-order chi connectivity index (χ1) is 28.5. The van der Waals surface area contributed by atoms with Crippen molar-refractivity contribution in [2.45, 2.75) is 110 Å². The largest absolute Gasteiger partial charge is 0.493 e. The van der Waals surface area contributed by atoms with Gasteiger partial charge in [0.05, 0.1) is 40.3 Å². The molecule has 0 spiro atoms. The van der Waals surface area contributed by atoms with E-state index in [0.717, 1.165) is 55.7 Å². The number of nitrogens with zero attached hydrogens (tertiary/aromatic N) is 1. The highest BCUT2D eigenvalue weighted by Crippen LogP contribution is 2.55. The molecule has 14 nitrogen and oxygen atoms in total. The molecule has 2 unspecified atom stereocenters. The van der Waals surface area contributed by atoms with Gasteiger partial charge in [0.2, 0.25) is 0 Å². The smallest absolute Gasteiger partial charge is 0.412 e. The first kappa shape index (κ1) is 46.3. The zero-order valence-corrected chi connectivity index (χ0v) is 36.9. The molecule has 4 aliphatic rings. The van der Waals surface area contributed by atoms with E-state index in [9.17, 15) is 19.2 Å². The minimum atomic E-state index is -0.577. The molecule has 2 heterocycles. The predicted molar refractivity (Wildman–Crippen MR) is 226 cm³/mol. The van der Waals surface area contributed by atoms with E-state index in [2.05, 4.69) is 43.2 Å². The van der Waals surface area contributed by atoms with Gasteiger partial charge in [-0.1, -0.05) is 39.8 Å². The molecule has 2 amide bonds. The number of methoxy groups -OCH3 is 3. The maximum absolute atomic E-state index is 12.8. The van der Waals surface area contributed by atoms with Crippen LogP contribution >= 0.6 is 0 Å². The zero-order valence-electron chi connectivity index (χ0n) is 36.9. The summed E-state index contributed by atoms with van der Waals surface area (Å²) in [6.45, 7) is 13.7. The molecule has 60 heavy (non-hydrogen) atoms. The van der Waals surface area contributed by atoms with Crippen LogP contribution in [0, 0.1) is 29.6 Å². The molecule has 2 aromatic carbocycles. The number of fused-ring (bicyclic) bond motifs is 2.